The Morgan fingerprint density at radius 1 is 1.17 bits per heavy atom. The molecule has 0 aromatic heterocycles. The van der Waals surface area contributed by atoms with Gasteiger partial charge in [-0.25, -0.2) is 8.42 Å². The molecule has 1 saturated heterocycles. The SMILES string of the molecule is COc1ccc(S(=O)(=O)N(C)c2ccc(C(=O)N3CCC[C@@H](C)C3)cc2C)cc1. The van der Waals surface area contributed by atoms with Crippen molar-refractivity contribution in [1.82, 2.24) is 4.90 Å². The van der Waals surface area contributed by atoms with Crippen molar-refractivity contribution in [1.29, 1.82) is 0 Å². The number of carbonyl (C=O) groups is 1. The first-order chi connectivity index (χ1) is 13.7. The van der Waals surface area contributed by atoms with Gasteiger partial charge >= 0.3 is 0 Å². The van der Waals surface area contributed by atoms with E-state index in [1.54, 1.807) is 30.3 Å². The molecule has 3 rings (SSSR count). The normalized spacial score (nSPS) is 17.1. The van der Waals surface area contributed by atoms with Crippen molar-refractivity contribution in [3.05, 3.63) is 53.6 Å². The fourth-order valence-corrected chi connectivity index (χ4v) is 4.99. The van der Waals surface area contributed by atoms with Gasteiger partial charge in [-0.2, -0.15) is 0 Å². The average Bonchev–Trinajstić information content (AvgIpc) is 2.72. The summed E-state index contributed by atoms with van der Waals surface area (Å²) in [6.07, 6.45) is 2.17. The summed E-state index contributed by atoms with van der Waals surface area (Å²) in [5.74, 6) is 1.11. The molecule has 1 heterocycles. The second-order valence-corrected chi connectivity index (χ2v) is 9.62. The number of hydrogen-bond acceptors (Lipinski definition) is 4. The van der Waals surface area contributed by atoms with Gasteiger partial charge in [0.2, 0.25) is 0 Å². The molecular weight excluding hydrogens is 388 g/mol. The van der Waals surface area contributed by atoms with Crippen LogP contribution in [0, 0.1) is 12.8 Å². The van der Waals surface area contributed by atoms with Gasteiger partial charge in [0.25, 0.3) is 15.9 Å². The number of piperidine rings is 1. The second-order valence-electron chi connectivity index (χ2n) is 7.65. The predicted octanol–water partition coefficient (Wildman–Crippen LogP) is 3.70. The number of rotatable bonds is 5. The lowest BCUT2D eigenvalue weighted by atomic mass is 9.99. The maximum Gasteiger partial charge on any atom is 0.264 e. The van der Waals surface area contributed by atoms with Crippen LogP contribution in [-0.4, -0.2) is 46.5 Å². The number of anilines is 1. The standard InChI is InChI=1S/C22H28N2O4S/c1-16-6-5-13-24(15-16)22(25)18-7-12-21(17(2)14-18)23(3)29(26,27)20-10-8-19(28-4)9-11-20/h7-12,14,16H,5-6,13,15H2,1-4H3/t16-/m1/s1. The zero-order valence-electron chi connectivity index (χ0n) is 17.4. The van der Waals surface area contributed by atoms with Crippen molar-refractivity contribution in [2.75, 3.05) is 31.6 Å². The Morgan fingerprint density at radius 3 is 2.45 bits per heavy atom. The molecule has 0 spiro atoms. The number of methoxy groups -OCH3 is 1. The van der Waals surface area contributed by atoms with Gasteiger partial charge in [-0.1, -0.05) is 6.92 Å². The Bertz CT molecular complexity index is 986. The number of carbonyl (C=O) groups excluding carboxylic acids is 1. The Kier molecular flexibility index (Phi) is 6.17. The van der Waals surface area contributed by atoms with Crippen LogP contribution in [-0.2, 0) is 10.0 Å². The lowest BCUT2D eigenvalue weighted by Gasteiger charge is -2.31. The zero-order valence-corrected chi connectivity index (χ0v) is 18.2. The average molecular weight is 417 g/mol. The van der Waals surface area contributed by atoms with E-state index < -0.39 is 10.0 Å². The predicted molar refractivity (Wildman–Crippen MR) is 114 cm³/mol. The van der Waals surface area contributed by atoms with Crippen molar-refractivity contribution in [2.45, 2.75) is 31.6 Å². The summed E-state index contributed by atoms with van der Waals surface area (Å²) < 4.78 is 32.3. The molecule has 1 aliphatic rings. The molecular formula is C22H28N2O4S. The largest absolute Gasteiger partial charge is 0.497 e. The Balaban J connectivity index is 1.84. The number of sulfonamides is 1. The van der Waals surface area contributed by atoms with Gasteiger partial charge in [-0.05, 0) is 73.7 Å². The number of nitrogens with zero attached hydrogens (tertiary/aromatic N) is 2. The lowest BCUT2D eigenvalue weighted by Crippen LogP contribution is -2.39. The van der Waals surface area contributed by atoms with Crippen LogP contribution in [0.15, 0.2) is 47.4 Å². The first-order valence-electron chi connectivity index (χ1n) is 9.77. The Hall–Kier alpha value is -2.54. The molecule has 1 aliphatic heterocycles. The quantitative estimate of drug-likeness (QED) is 0.745. The van der Waals surface area contributed by atoms with E-state index >= 15 is 0 Å². The minimum absolute atomic E-state index is 0.00636. The van der Waals surface area contributed by atoms with Crippen molar-refractivity contribution in [3.8, 4) is 5.75 Å². The maximum atomic E-state index is 13.0. The number of hydrogen-bond donors (Lipinski definition) is 0. The van der Waals surface area contributed by atoms with Crippen LogP contribution in [0.2, 0.25) is 0 Å². The summed E-state index contributed by atoms with van der Waals surface area (Å²) in [5.41, 5.74) is 1.88. The molecule has 2 aromatic rings. The van der Waals surface area contributed by atoms with E-state index in [9.17, 15) is 13.2 Å². The van der Waals surface area contributed by atoms with Crippen LogP contribution in [0.5, 0.6) is 5.75 Å². The molecule has 7 heteroatoms. The third-order valence-corrected chi connectivity index (χ3v) is 7.23. The van der Waals surface area contributed by atoms with Gasteiger partial charge in [-0.3, -0.25) is 9.10 Å². The van der Waals surface area contributed by atoms with Gasteiger partial charge < -0.3 is 9.64 Å². The Morgan fingerprint density at radius 2 is 1.86 bits per heavy atom. The number of benzene rings is 2. The van der Waals surface area contributed by atoms with Gasteiger partial charge in [0.1, 0.15) is 5.75 Å². The minimum Gasteiger partial charge on any atom is -0.497 e. The van der Waals surface area contributed by atoms with Crippen molar-refractivity contribution >= 4 is 21.6 Å². The van der Waals surface area contributed by atoms with Crippen LogP contribution in [0.3, 0.4) is 0 Å². The van der Waals surface area contributed by atoms with E-state index in [2.05, 4.69) is 6.92 Å². The van der Waals surface area contributed by atoms with E-state index in [1.165, 1.54) is 30.6 Å². The van der Waals surface area contributed by atoms with Crippen LogP contribution in [0.1, 0.15) is 35.7 Å². The summed E-state index contributed by atoms with van der Waals surface area (Å²) in [7, 11) is -0.660. The van der Waals surface area contributed by atoms with E-state index in [4.69, 9.17) is 4.74 Å². The van der Waals surface area contributed by atoms with Crippen LogP contribution in [0.4, 0.5) is 5.69 Å². The van der Waals surface area contributed by atoms with Crippen LogP contribution >= 0.6 is 0 Å². The molecule has 0 saturated carbocycles. The lowest BCUT2D eigenvalue weighted by molar-refractivity contribution is 0.0683. The van der Waals surface area contributed by atoms with Gasteiger partial charge in [0.05, 0.1) is 17.7 Å². The van der Waals surface area contributed by atoms with Crippen molar-refractivity contribution in [2.24, 2.45) is 5.92 Å². The molecule has 0 N–H and O–H groups in total. The zero-order chi connectivity index (χ0) is 21.2. The Labute approximate surface area is 173 Å². The maximum absolute atomic E-state index is 13.0. The van der Waals surface area contributed by atoms with Gasteiger partial charge in [0, 0.05) is 25.7 Å². The van der Waals surface area contributed by atoms with Gasteiger partial charge in [-0.15, -0.1) is 0 Å². The molecule has 29 heavy (non-hydrogen) atoms. The van der Waals surface area contributed by atoms with Crippen LogP contribution < -0.4 is 9.04 Å². The van der Waals surface area contributed by atoms with E-state index in [1.807, 2.05) is 11.8 Å². The molecule has 156 valence electrons. The number of amides is 1. The monoisotopic (exact) mass is 416 g/mol. The number of likely N-dealkylation sites (tertiary alicyclic amines) is 1. The summed E-state index contributed by atoms with van der Waals surface area (Å²) in [5, 5.41) is 0. The third kappa shape index (κ3) is 4.40. The highest BCUT2D eigenvalue weighted by Gasteiger charge is 2.25. The third-order valence-electron chi connectivity index (χ3n) is 5.45. The van der Waals surface area contributed by atoms with E-state index in [-0.39, 0.29) is 10.8 Å². The molecule has 1 amide bonds. The molecule has 1 atom stereocenters. The first kappa shape index (κ1) is 21.2. The molecule has 0 unspecified atom stereocenters. The fourth-order valence-electron chi connectivity index (χ4n) is 3.73. The fraction of sp³-hybridized carbons (Fsp3) is 0.409. The summed E-state index contributed by atoms with van der Waals surface area (Å²) in [6.45, 7) is 5.53. The smallest absolute Gasteiger partial charge is 0.264 e. The van der Waals surface area contributed by atoms with E-state index in [0.717, 1.165) is 31.5 Å². The minimum atomic E-state index is -3.72. The van der Waals surface area contributed by atoms with Crippen molar-refractivity contribution in [3.63, 3.8) is 0 Å². The molecule has 0 radical (unpaired) electrons. The topological polar surface area (TPSA) is 66.9 Å². The molecule has 6 nitrogen and oxygen atoms in total. The molecule has 0 bridgehead atoms. The molecule has 0 aliphatic carbocycles. The van der Waals surface area contributed by atoms with Gasteiger partial charge in [0.15, 0.2) is 0 Å². The number of ether oxygens (including phenoxy) is 1. The van der Waals surface area contributed by atoms with Crippen LogP contribution in [0.25, 0.3) is 0 Å². The van der Waals surface area contributed by atoms with E-state index in [0.29, 0.717) is 22.9 Å². The molecule has 2 aromatic carbocycles. The highest BCUT2D eigenvalue weighted by molar-refractivity contribution is 7.92. The highest BCUT2D eigenvalue weighted by Crippen LogP contribution is 2.28. The summed E-state index contributed by atoms with van der Waals surface area (Å²) in [4.78, 5) is 14.9. The summed E-state index contributed by atoms with van der Waals surface area (Å²) in [6, 6.07) is 11.5. The highest BCUT2D eigenvalue weighted by atomic mass is 32.2. The number of aryl methyl sites for hydroxylation is 1. The summed E-state index contributed by atoms with van der Waals surface area (Å²) >= 11 is 0. The first-order valence-corrected chi connectivity index (χ1v) is 11.2. The van der Waals surface area contributed by atoms with Crippen molar-refractivity contribution < 1.29 is 17.9 Å². The second kappa shape index (κ2) is 8.45. The molecule has 1 fully saturated rings.